The summed E-state index contributed by atoms with van der Waals surface area (Å²) in [7, 11) is -44.6. The van der Waals surface area contributed by atoms with Crippen LogP contribution < -0.4 is 42.5 Å². The van der Waals surface area contributed by atoms with E-state index in [4.69, 9.17) is 49.4 Å². The first-order valence-electron chi connectivity index (χ1n) is 44.2. The number of aromatic carboxylic acids is 8. The van der Waals surface area contributed by atoms with Gasteiger partial charge in [0.05, 0.1) is 89.0 Å². The molecule has 736 valence electrons. The lowest BCUT2D eigenvalue weighted by Crippen LogP contribution is -2.88. The smallest absolute Gasteiger partial charge is 0.478 e. The first kappa shape index (κ1) is 104. The van der Waals surface area contributed by atoms with Gasteiger partial charge in [0.1, 0.15) is 0 Å². The molecule has 52 heteroatoms. The Labute approximate surface area is 805 Å². The maximum atomic E-state index is 14.5. The largest absolute Gasteiger partial charge is 0.478 e. The predicted octanol–water partition coefficient (Wildman–Crippen LogP) is 7.91. The minimum absolute atomic E-state index is 0.284. The van der Waals surface area contributed by atoms with Gasteiger partial charge in [0.2, 0.25) is 0 Å². The van der Waals surface area contributed by atoms with E-state index in [-0.39, 0.29) is 95.9 Å². The van der Waals surface area contributed by atoms with Crippen LogP contribution in [0.4, 0.5) is 0 Å². The molecule has 6 saturated heterocycles. The van der Waals surface area contributed by atoms with Crippen molar-refractivity contribution in [2.45, 2.75) is 99.7 Å². The summed E-state index contributed by atoms with van der Waals surface area (Å²) in [5.74, 6) is -19.0. The SMILES string of the molecule is O=C(O)c1ccccc1C(=O)NCCC[Si]12O[Si]3(CCCNC(=O)c4ccccc4C(=O)O)O[Si]4(CCCNC(=O)c5ccccc5C(=O)O)O[Si](CCCNC(=O)c5ccccc5C(=O)O)(O1)O[Si]1(CCCNC(=O)c5ccccc5C(=O)O)O[Si](CCCNC(=O)c5ccccc5C(=O)O)(O2)O[Si](CCCNC(=O)c2ccccc2C(=O)O)(O3)O[Si](CCCNC(=O)c2ccccc2C(=O)O)(O4)O1. The van der Waals surface area contributed by atoms with Crippen LogP contribution in [0.1, 0.15) is 217 Å². The monoisotopic (exact) mass is 2060 g/mol. The molecular formula is C88H96N8O36Si8. The number of amides is 8. The Bertz CT molecular complexity index is 4990. The summed E-state index contributed by atoms with van der Waals surface area (Å²) in [5, 5.41) is 105. The molecule has 6 heterocycles. The fourth-order valence-electron chi connectivity index (χ4n) is 16.3. The summed E-state index contributed by atoms with van der Waals surface area (Å²) >= 11 is 0. The highest BCUT2D eigenvalue weighted by Gasteiger charge is 2.83. The molecule has 0 aromatic heterocycles. The van der Waals surface area contributed by atoms with Gasteiger partial charge >= 0.3 is 118 Å². The fraction of sp³-hybridized carbons (Fsp3) is 0.273. The Morgan fingerprint density at radius 2 is 0.243 bits per heavy atom. The van der Waals surface area contributed by atoms with Gasteiger partial charge in [0.15, 0.2) is 0 Å². The normalized spacial score (nSPS) is 21.8. The third kappa shape index (κ3) is 25.2. The first-order valence-corrected chi connectivity index (χ1v) is 59.7. The first-order chi connectivity index (χ1) is 67.0. The van der Waals surface area contributed by atoms with Gasteiger partial charge in [-0.05, 0) is 148 Å². The van der Waals surface area contributed by atoms with Gasteiger partial charge in [-0.1, -0.05) is 97.1 Å². The standard InChI is InChI=1S/C88H96N8O36Si8/c97-73(57-25-1-9-33-65(57)81(105)106)89-41-17-49-133-121-134(50-18-42-90-74(98)58-26-2-10-34-66(58)82(107)108)124-137(53-21-45-93-77(101)61-29-5-13-37-69(61)85(113)114)126-135(122-133,51-19-43-91-75(99)59-27-3-11-35-67(59)83(109)110)128-139(55-23-47-95-79(103)63-31-7-15-39-71(63)87(117)118)129-136(123-133,52-20-44-92-76(100)60-28-4-12-36-68(60)84(111)112)127-138(125-134,54-22-46-94-78(102)62-30-6-14-38-70(62)86(115)116)131-140(130-137,132-139)56-24-48-96-80(104)64-32-8-16-40-72(64)88(119)120/h1-16,25-40H,17-24,41-56H2,(H,89,97)(H,90,98)(H,91,99)(H,92,100)(H,93,101)(H,94,102)(H,95,103)(H,96,104)(H,105,106)(H,107,108)(H,109,110)(H,111,112)(H,113,114)(H,115,116)(H,117,118)(H,119,120). The van der Waals surface area contributed by atoms with Crippen LogP contribution in [0.3, 0.4) is 0 Å². The number of nitrogens with one attached hydrogen (secondary N) is 8. The maximum Gasteiger partial charge on any atom is 0.478 e. The van der Waals surface area contributed by atoms with E-state index in [0.717, 1.165) is 0 Å². The number of benzene rings is 8. The Morgan fingerprint density at radius 1 is 0.157 bits per heavy atom. The molecular weight excluding hydrogens is 1970 g/mol. The molecule has 44 nitrogen and oxygen atoms in total. The third-order valence-corrected chi connectivity index (χ3v) is 60.1. The van der Waals surface area contributed by atoms with Crippen molar-refractivity contribution in [3.05, 3.63) is 283 Å². The van der Waals surface area contributed by atoms with Crippen LogP contribution in [-0.4, -0.2) is 259 Å². The Hall–Kier alpha value is -13.5. The number of rotatable bonds is 48. The maximum absolute atomic E-state index is 14.5. The number of carbonyl (C=O) groups is 16. The zero-order chi connectivity index (χ0) is 100. The van der Waals surface area contributed by atoms with Crippen molar-refractivity contribution in [3.8, 4) is 0 Å². The van der Waals surface area contributed by atoms with Gasteiger partial charge < -0.3 is 133 Å². The van der Waals surface area contributed by atoms with Crippen molar-refractivity contribution in [2.24, 2.45) is 0 Å². The van der Waals surface area contributed by atoms with Crippen LogP contribution in [-0.2, 0) is 49.4 Å². The molecule has 8 bridgehead atoms. The lowest BCUT2D eigenvalue weighted by atomic mass is 10.1. The van der Waals surface area contributed by atoms with E-state index >= 15 is 0 Å². The summed E-state index contributed by atoms with van der Waals surface area (Å²) in [6.45, 7) is -3.35. The molecule has 8 aromatic rings. The molecule has 0 atom stereocenters. The average molecular weight is 2070 g/mol. The van der Waals surface area contributed by atoms with E-state index in [0.29, 0.717) is 0 Å². The van der Waals surface area contributed by atoms with Crippen molar-refractivity contribution in [2.75, 3.05) is 52.4 Å². The fourth-order valence-corrected chi connectivity index (χ4v) is 66.7. The molecule has 6 aliphatic heterocycles. The highest BCUT2D eigenvalue weighted by Crippen LogP contribution is 2.55. The van der Waals surface area contributed by atoms with Crippen molar-refractivity contribution in [3.63, 3.8) is 0 Å². The zero-order valence-corrected chi connectivity index (χ0v) is 82.5. The second-order valence-electron chi connectivity index (χ2n) is 32.4. The Kier molecular flexibility index (Phi) is 33.9. The van der Waals surface area contributed by atoms with Gasteiger partial charge in [-0.3, -0.25) is 38.4 Å². The van der Waals surface area contributed by atoms with E-state index in [2.05, 4.69) is 42.5 Å². The number of hydrogen-bond acceptors (Lipinski definition) is 28. The van der Waals surface area contributed by atoms with Gasteiger partial charge in [0.25, 0.3) is 47.3 Å². The number of carbonyl (C=O) groups excluding carboxylic acids is 8. The average Bonchev–Trinajstić information content (AvgIpc) is 0.684. The lowest BCUT2D eigenvalue weighted by molar-refractivity contribution is -0.0319. The second-order valence-corrected chi connectivity index (χ2v) is 57.1. The third-order valence-electron chi connectivity index (χ3n) is 22.5. The lowest BCUT2D eigenvalue weighted by Gasteiger charge is -2.63. The van der Waals surface area contributed by atoms with Crippen LogP contribution in [0, 0.1) is 0 Å². The summed E-state index contributed by atoms with van der Waals surface area (Å²) in [5.41, 5.74) is -5.45. The van der Waals surface area contributed by atoms with Gasteiger partial charge in [-0.25, -0.2) is 38.4 Å². The second kappa shape index (κ2) is 45.6. The number of hydrogen-bond donors (Lipinski definition) is 16. The summed E-state index contributed by atoms with van der Waals surface area (Å²) in [6.07, 6.45) is -2.70. The van der Waals surface area contributed by atoms with Crippen LogP contribution in [0.5, 0.6) is 0 Å². The van der Waals surface area contributed by atoms with E-state index in [1.54, 1.807) is 0 Å². The van der Waals surface area contributed by atoms with Crippen LogP contribution in [0.15, 0.2) is 194 Å². The van der Waals surface area contributed by atoms with E-state index < -0.39 is 311 Å². The van der Waals surface area contributed by atoms with Crippen LogP contribution in [0.2, 0.25) is 48.4 Å². The van der Waals surface area contributed by atoms with Crippen molar-refractivity contribution in [1.82, 2.24) is 42.5 Å². The zero-order valence-electron chi connectivity index (χ0n) is 74.5. The van der Waals surface area contributed by atoms with Crippen LogP contribution in [0.25, 0.3) is 0 Å². The van der Waals surface area contributed by atoms with Gasteiger partial charge in [-0.2, -0.15) is 0 Å². The molecule has 140 heavy (non-hydrogen) atoms. The Morgan fingerprint density at radius 3 is 0.329 bits per heavy atom. The van der Waals surface area contributed by atoms with E-state index in [9.17, 15) is 118 Å². The highest BCUT2D eigenvalue weighted by molar-refractivity contribution is 7.03. The number of carboxylic acid groups (broad SMARTS) is 8. The van der Waals surface area contributed by atoms with Crippen molar-refractivity contribution in [1.29, 1.82) is 0 Å². The van der Waals surface area contributed by atoms with Crippen molar-refractivity contribution < 1.29 is 167 Å². The van der Waals surface area contributed by atoms with E-state index in [1.807, 2.05) is 0 Å². The predicted molar refractivity (Wildman–Crippen MR) is 500 cm³/mol. The Balaban J connectivity index is 1.05. The van der Waals surface area contributed by atoms with Crippen LogP contribution >= 0.6 is 0 Å². The van der Waals surface area contributed by atoms with Crippen molar-refractivity contribution >= 4 is 165 Å². The molecule has 14 rings (SSSR count). The number of carboxylic acids is 8. The molecule has 0 spiro atoms. The molecule has 6 aliphatic rings. The van der Waals surface area contributed by atoms with Gasteiger partial charge in [0, 0.05) is 101 Å². The molecule has 8 amide bonds. The molecule has 6 fully saturated rings. The molecule has 0 radical (unpaired) electrons. The molecule has 0 saturated carbocycles. The topological polar surface area (TPSA) is 642 Å². The molecule has 0 unspecified atom stereocenters. The van der Waals surface area contributed by atoms with E-state index in [1.165, 1.54) is 194 Å². The minimum atomic E-state index is -5.57. The quantitative estimate of drug-likeness (QED) is 0.0127. The van der Waals surface area contributed by atoms with Gasteiger partial charge in [-0.15, -0.1) is 0 Å². The minimum Gasteiger partial charge on any atom is -0.478 e. The highest BCUT2D eigenvalue weighted by atomic mass is 28.6. The molecule has 16 N–H and O–H groups in total. The summed E-state index contributed by atoms with van der Waals surface area (Å²) in [4.78, 5) is 218. The molecule has 0 aliphatic carbocycles. The summed E-state index contributed by atoms with van der Waals surface area (Å²) < 4.78 is 96.0. The molecule has 8 aromatic carbocycles. The summed E-state index contributed by atoms with van der Waals surface area (Å²) in [6, 6.07) is 37.6.